The first-order chi connectivity index (χ1) is 6.63. The summed E-state index contributed by atoms with van der Waals surface area (Å²) in [6.45, 7) is 1.94. The molecule has 6 heteroatoms. The van der Waals surface area contributed by atoms with Gasteiger partial charge in [-0.1, -0.05) is 6.07 Å². The second-order valence-electron chi connectivity index (χ2n) is 3.20. The molecule has 1 rings (SSSR count). The van der Waals surface area contributed by atoms with Crippen LogP contribution in [0.3, 0.4) is 0 Å². The van der Waals surface area contributed by atoms with E-state index in [1.165, 1.54) is 7.11 Å². The smallest absolute Gasteiger partial charge is 0.322 e. The average Bonchev–Trinajstić information content (AvgIpc) is 2.16. The topological polar surface area (TPSA) is 65.2 Å². The predicted octanol–water partition coefficient (Wildman–Crippen LogP) is 1.28. The molecule has 0 bridgehead atoms. The standard InChI is InChI=1S/C10H14N2O2.2ClH/c1-7-3-8(6-12-5-7)4-9(11)10(13)14-2;;/h3,5-6,9H,4,11H2,1-2H3;2*1H/t9-;;/m0../s1. The number of rotatable bonds is 3. The van der Waals surface area contributed by atoms with E-state index in [2.05, 4.69) is 9.72 Å². The van der Waals surface area contributed by atoms with Crippen LogP contribution in [0.4, 0.5) is 0 Å². The number of hydrogen-bond donors (Lipinski definition) is 1. The van der Waals surface area contributed by atoms with Crippen molar-refractivity contribution >= 4 is 30.8 Å². The van der Waals surface area contributed by atoms with Gasteiger partial charge in [0.1, 0.15) is 6.04 Å². The fourth-order valence-electron chi connectivity index (χ4n) is 1.22. The Balaban J connectivity index is 0. The number of aromatic nitrogens is 1. The van der Waals surface area contributed by atoms with E-state index in [9.17, 15) is 4.79 Å². The van der Waals surface area contributed by atoms with E-state index < -0.39 is 12.0 Å². The summed E-state index contributed by atoms with van der Waals surface area (Å²) in [5, 5.41) is 0. The van der Waals surface area contributed by atoms with Crippen molar-refractivity contribution in [2.75, 3.05) is 7.11 Å². The molecule has 1 aromatic rings. The highest BCUT2D eigenvalue weighted by Gasteiger charge is 2.14. The molecule has 2 N–H and O–H groups in total. The van der Waals surface area contributed by atoms with Crippen LogP contribution in [0.15, 0.2) is 18.5 Å². The van der Waals surface area contributed by atoms with Crippen LogP contribution in [0.5, 0.6) is 0 Å². The molecule has 0 aliphatic heterocycles. The highest BCUT2D eigenvalue weighted by atomic mass is 35.5. The van der Waals surface area contributed by atoms with Crippen molar-refractivity contribution in [3.05, 3.63) is 29.6 Å². The Morgan fingerprint density at radius 2 is 2.12 bits per heavy atom. The van der Waals surface area contributed by atoms with Gasteiger partial charge in [-0.15, -0.1) is 24.8 Å². The maximum absolute atomic E-state index is 11.0. The van der Waals surface area contributed by atoms with Crippen molar-refractivity contribution in [3.63, 3.8) is 0 Å². The lowest BCUT2D eigenvalue weighted by molar-refractivity contribution is -0.142. The molecule has 0 aliphatic rings. The van der Waals surface area contributed by atoms with Crippen LogP contribution < -0.4 is 5.73 Å². The normalized spacial score (nSPS) is 10.7. The van der Waals surface area contributed by atoms with Crippen molar-refractivity contribution in [2.24, 2.45) is 5.73 Å². The monoisotopic (exact) mass is 266 g/mol. The largest absolute Gasteiger partial charge is 0.468 e. The third-order valence-corrected chi connectivity index (χ3v) is 1.89. The number of halogens is 2. The van der Waals surface area contributed by atoms with Crippen LogP contribution in [0.25, 0.3) is 0 Å². The molecule has 16 heavy (non-hydrogen) atoms. The van der Waals surface area contributed by atoms with Crippen molar-refractivity contribution in [3.8, 4) is 0 Å². The Kier molecular flexibility index (Phi) is 9.14. The van der Waals surface area contributed by atoms with Gasteiger partial charge in [0.05, 0.1) is 7.11 Å². The molecule has 4 nitrogen and oxygen atoms in total. The van der Waals surface area contributed by atoms with Gasteiger partial charge in [0.15, 0.2) is 0 Å². The molecular formula is C10H16Cl2N2O2. The predicted molar refractivity (Wildman–Crippen MR) is 67.2 cm³/mol. The van der Waals surface area contributed by atoms with Crippen molar-refractivity contribution < 1.29 is 9.53 Å². The first kappa shape index (κ1) is 17.6. The summed E-state index contributed by atoms with van der Waals surface area (Å²) in [4.78, 5) is 15.0. The molecule has 1 heterocycles. The molecule has 1 atom stereocenters. The van der Waals surface area contributed by atoms with Gasteiger partial charge in [0.2, 0.25) is 0 Å². The summed E-state index contributed by atoms with van der Waals surface area (Å²) in [7, 11) is 1.33. The van der Waals surface area contributed by atoms with Crippen molar-refractivity contribution in [1.29, 1.82) is 0 Å². The van der Waals surface area contributed by atoms with Crippen LogP contribution in [-0.4, -0.2) is 24.1 Å². The zero-order chi connectivity index (χ0) is 10.6. The second-order valence-corrected chi connectivity index (χ2v) is 3.20. The Morgan fingerprint density at radius 1 is 1.50 bits per heavy atom. The lowest BCUT2D eigenvalue weighted by Gasteiger charge is -2.08. The molecule has 0 amide bonds. The van der Waals surface area contributed by atoms with Crippen LogP contribution in [0.1, 0.15) is 11.1 Å². The van der Waals surface area contributed by atoms with Gasteiger partial charge in [-0.25, -0.2) is 0 Å². The van der Waals surface area contributed by atoms with Gasteiger partial charge < -0.3 is 10.5 Å². The summed E-state index contributed by atoms with van der Waals surface area (Å²) in [5.74, 6) is -0.397. The highest BCUT2D eigenvalue weighted by Crippen LogP contribution is 2.04. The fourth-order valence-corrected chi connectivity index (χ4v) is 1.22. The van der Waals surface area contributed by atoms with Crippen molar-refractivity contribution in [1.82, 2.24) is 4.98 Å². The molecule has 0 fully saturated rings. The summed E-state index contributed by atoms with van der Waals surface area (Å²) in [5.41, 5.74) is 7.61. The highest BCUT2D eigenvalue weighted by molar-refractivity contribution is 5.85. The Morgan fingerprint density at radius 3 is 2.62 bits per heavy atom. The number of hydrogen-bond acceptors (Lipinski definition) is 4. The number of carbonyl (C=O) groups is 1. The second kappa shape index (κ2) is 8.33. The summed E-state index contributed by atoms with van der Waals surface area (Å²) in [6, 6.07) is 1.35. The third-order valence-electron chi connectivity index (χ3n) is 1.89. The minimum Gasteiger partial charge on any atom is -0.468 e. The minimum atomic E-state index is -0.608. The van der Waals surface area contributed by atoms with Gasteiger partial charge in [-0.2, -0.15) is 0 Å². The maximum Gasteiger partial charge on any atom is 0.322 e. The molecular weight excluding hydrogens is 251 g/mol. The van der Waals surface area contributed by atoms with Gasteiger partial charge >= 0.3 is 5.97 Å². The van der Waals surface area contributed by atoms with E-state index in [4.69, 9.17) is 5.73 Å². The molecule has 0 unspecified atom stereocenters. The third kappa shape index (κ3) is 5.30. The Hall–Kier alpha value is -0.840. The van der Waals surface area contributed by atoms with E-state index in [0.717, 1.165) is 11.1 Å². The van der Waals surface area contributed by atoms with E-state index in [-0.39, 0.29) is 24.8 Å². The number of esters is 1. The zero-order valence-corrected chi connectivity index (χ0v) is 10.8. The van der Waals surface area contributed by atoms with Gasteiger partial charge in [0.25, 0.3) is 0 Å². The van der Waals surface area contributed by atoms with E-state index in [1.807, 2.05) is 13.0 Å². The first-order valence-corrected chi connectivity index (χ1v) is 4.37. The minimum absolute atomic E-state index is 0. The van der Waals surface area contributed by atoms with Crippen LogP contribution >= 0.6 is 24.8 Å². The summed E-state index contributed by atoms with van der Waals surface area (Å²) >= 11 is 0. The quantitative estimate of drug-likeness (QED) is 0.838. The first-order valence-electron chi connectivity index (χ1n) is 4.37. The van der Waals surface area contributed by atoms with E-state index in [1.54, 1.807) is 12.4 Å². The maximum atomic E-state index is 11.0. The SMILES string of the molecule is COC(=O)[C@@H](N)Cc1cncc(C)c1.Cl.Cl. The van der Waals surface area contributed by atoms with Crippen LogP contribution in [0, 0.1) is 6.92 Å². The molecule has 1 aromatic heterocycles. The van der Waals surface area contributed by atoms with Gasteiger partial charge in [-0.3, -0.25) is 9.78 Å². The molecule has 0 saturated heterocycles. The molecule has 92 valence electrons. The van der Waals surface area contributed by atoms with E-state index >= 15 is 0 Å². The van der Waals surface area contributed by atoms with Gasteiger partial charge in [-0.05, 0) is 24.5 Å². The van der Waals surface area contributed by atoms with E-state index in [0.29, 0.717) is 6.42 Å². The molecule has 0 aliphatic carbocycles. The lowest BCUT2D eigenvalue weighted by atomic mass is 10.1. The van der Waals surface area contributed by atoms with Gasteiger partial charge in [0, 0.05) is 12.4 Å². The molecule has 0 spiro atoms. The van der Waals surface area contributed by atoms with Crippen LogP contribution in [0.2, 0.25) is 0 Å². The Bertz CT molecular complexity index is 334. The zero-order valence-electron chi connectivity index (χ0n) is 9.17. The number of nitrogens with two attached hydrogens (primary N) is 1. The summed E-state index contributed by atoms with van der Waals surface area (Å²) in [6.07, 6.45) is 3.92. The molecule has 0 saturated carbocycles. The number of pyridine rings is 1. The number of nitrogens with zero attached hydrogens (tertiary/aromatic N) is 1. The summed E-state index contributed by atoms with van der Waals surface area (Å²) < 4.78 is 4.53. The fraction of sp³-hybridized carbons (Fsp3) is 0.400. The number of carbonyl (C=O) groups excluding carboxylic acids is 1. The van der Waals surface area contributed by atoms with Crippen LogP contribution in [-0.2, 0) is 16.0 Å². The Labute approximate surface area is 107 Å². The number of ether oxygens (including phenoxy) is 1. The molecule has 0 aromatic carbocycles. The lowest BCUT2D eigenvalue weighted by Crippen LogP contribution is -2.33. The average molecular weight is 267 g/mol. The molecule has 0 radical (unpaired) electrons. The number of aryl methyl sites for hydroxylation is 1. The van der Waals surface area contributed by atoms with Crippen molar-refractivity contribution in [2.45, 2.75) is 19.4 Å². The number of methoxy groups -OCH3 is 1.